The van der Waals surface area contributed by atoms with Gasteiger partial charge in [-0.05, 0) is 30.5 Å². The van der Waals surface area contributed by atoms with E-state index < -0.39 is 21.6 Å². The van der Waals surface area contributed by atoms with E-state index in [2.05, 4.69) is 4.72 Å². The van der Waals surface area contributed by atoms with Crippen molar-refractivity contribution in [2.75, 3.05) is 13.2 Å². The number of benzene rings is 1. The van der Waals surface area contributed by atoms with E-state index in [0.29, 0.717) is 12.2 Å². The molecule has 5 nitrogen and oxygen atoms in total. The molecule has 3 rings (SSSR count). The maximum atomic E-state index is 13.1. The van der Waals surface area contributed by atoms with Crippen molar-refractivity contribution in [1.82, 2.24) is 4.72 Å². The van der Waals surface area contributed by atoms with Crippen LogP contribution in [0.1, 0.15) is 37.7 Å². The van der Waals surface area contributed by atoms with Gasteiger partial charge in [0.15, 0.2) is 5.79 Å². The van der Waals surface area contributed by atoms with Crippen LogP contribution in [0.25, 0.3) is 0 Å². The van der Waals surface area contributed by atoms with Gasteiger partial charge in [0.05, 0.1) is 18.5 Å². The summed E-state index contributed by atoms with van der Waals surface area (Å²) >= 11 is 0. The summed E-state index contributed by atoms with van der Waals surface area (Å²) in [6.07, 6.45) is 4.84. The molecule has 0 bridgehead atoms. The molecule has 128 valence electrons. The minimum absolute atomic E-state index is 0.180. The summed E-state index contributed by atoms with van der Waals surface area (Å²) in [7, 11) is -3.53. The fraction of sp³-hybridized carbons (Fsp3) is 0.625. The second kappa shape index (κ2) is 6.84. The first-order valence-electron chi connectivity index (χ1n) is 8.00. The van der Waals surface area contributed by atoms with E-state index in [-0.39, 0.29) is 18.4 Å². The van der Waals surface area contributed by atoms with Crippen LogP contribution < -0.4 is 4.72 Å². The van der Waals surface area contributed by atoms with E-state index in [9.17, 15) is 12.8 Å². The monoisotopic (exact) mass is 343 g/mol. The molecule has 7 heteroatoms. The van der Waals surface area contributed by atoms with Gasteiger partial charge in [0.2, 0.25) is 10.0 Å². The van der Waals surface area contributed by atoms with Crippen LogP contribution in [-0.2, 0) is 25.2 Å². The second-order valence-electron chi connectivity index (χ2n) is 6.26. The molecule has 1 saturated heterocycles. The van der Waals surface area contributed by atoms with Gasteiger partial charge < -0.3 is 9.47 Å². The largest absolute Gasteiger partial charge is 0.347 e. The van der Waals surface area contributed by atoms with E-state index in [1.807, 2.05) is 0 Å². The Labute approximate surface area is 136 Å². The fourth-order valence-electron chi connectivity index (χ4n) is 3.19. The average Bonchev–Trinajstić information content (AvgIpc) is 2.88. The molecule has 1 aromatic carbocycles. The van der Waals surface area contributed by atoms with Gasteiger partial charge in [-0.1, -0.05) is 18.6 Å². The highest BCUT2D eigenvalue weighted by molar-refractivity contribution is 7.88. The van der Waals surface area contributed by atoms with E-state index >= 15 is 0 Å². The highest BCUT2D eigenvalue weighted by Gasteiger charge is 2.42. The molecule has 1 heterocycles. The Morgan fingerprint density at radius 2 is 2.04 bits per heavy atom. The smallest absolute Gasteiger partial charge is 0.215 e. The van der Waals surface area contributed by atoms with Gasteiger partial charge in [-0.2, -0.15) is 0 Å². The first-order chi connectivity index (χ1) is 11.0. The van der Waals surface area contributed by atoms with Crippen molar-refractivity contribution in [3.63, 3.8) is 0 Å². The van der Waals surface area contributed by atoms with Crippen molar-refractivity contribution in [1.29, 1.82) is 0 Å². The Hall–Kier alpha value is -1.02. The zero-order valence-corrected chi connectivity index (χ0v) is 13.8. The lowest BCUT2D eigenvalue weighted by Gasteiger charge is -2.31. The number of hydrogen-bond acceptors (Lipinski definition) is 4. The van der Waals surface area contributed by atoms with E-state index in [0.717, 1.165) is 25.7 Å². The molecule has 1 spiro atoms. The highest BCUT2D eigenvalue weighted by atomic mass is 32.2. The number of ether oxygens (including phenoxy) is 2. The fourth-order valence-corrected chi connectivity index (χ4v) is 4.35. The molecule has 0 amide bonds. The van der Waals surface area contributed by atoms with Crippen LogP contribution >= 0.6 is 0 Å². The Morgan fingerprint density at radius 1 is 1.26 bits per heavy atom. The summed E-state index contributed by atoms with van der Waals surface area (Å²) in [5, 5.41) is 0. The van der Waals surface area contributed by atoms with E-state index in [1.165, 1.54) is 24.6 Å². The zero-order valence-electron chi connectivity index (χ0n) is 13.0. The lowest BCUT2D eigenvalue weighted by atomic mass is 9.94. The van der Waals surface area contributed by atoms with Crippen molar-refractivity contribution < 1.29 is 22.3 Å². The van der Waals surface area contributed by atoms with Crippen LogP contribution in [-0.4, -0.2) is 33.5 Å². The molecular weight excluding hydrogens is 321 g/mol. The Bertz CT molecular complexity index is 643. The molecule has 0 radical (unpaired) electrons. The number of halogens is 1. The maximum absolute atomic E-state index is 13.1. The van der Waals surface area contributed by atoms with E-state index in [4.69, 9.17) is 9.47 Å². The third-order valence-corrected chi connectivity index (χ3v) is 5.63. The standard InChI is InChI=1S/C16H22FNO4S/c17-14-6-4-5-13(9-14)12-23(19,20)18-10-15-11-21-16(22-15)7-2-1-3-8-16/h4-6,9,15,18H,1-3,7-8,10-12H2/t15-/m0/s1. The molecule has 0 aromatic heterocycles. The molecule has 1 aliphatic heterocycles. The summed E-state index contributed by atoms with van der Waals surface area (Å²) in [6.45, 7) is 0.585. The molecule has 0 unspecified atom stereocenters. The molecule has 1 N–H and O–H groups in total. The van der Waals surface area contributed by atoms with Crippen LogP contribution in [0.2, 0.25) is 0 Å². The first-order valence-corrected chi connectivity index (χ1v) is 9.65. The summed E-state index contributed by atoms with van der Waals surface area (Å²) in [5.74, 6) is -1.19. The van der Waals surface area contributed by atoms with Crippen LogP contribution in [0, 0.1) is 5.82 Å². The summed E-state index contributed by atoms with van der Waals surface area (Å²) in [6, 6.07) is 5.61. The Kier molecular flexibility index (Phi) is 5.01. The summed E-state index contributed by atoms with van der Waals surface area (Å²) in [5.41, 5.74) is 0.421. The molecule has 2 fully saturated rings. The van der Waals surface area contributed by atoms with E-state index in [1.54, 1.807) is 6.07 Å². The van der Waals surface area contributed by atoms with Crippen LogP contribution in [0.4, 0.5) is 4.39 Å². The van der Waals surface area contributed by atoms with Gasteiger partial charge in [-0.3, -0.25) is 0 Å². The third-order valence-electron chi connectivity index (χ3n) is 4.31. The molecular formula is C16H22FNO4S. The van der Waals surface area contributed by atoms with Crippen LogP contribution in [0.15, 0.2) is 24.3 Å². The van der Waals surface area contributed by atoms with Crippen molar-refractivity contribution in [3.8, 4) is 0 Å². The maximum Gasteiger partial charge on any atom is 0.215 e. The normalized spacial score (nSPS) is 24.1. The van der Waals surface area contributed by atoms with Crippen molar-refractivity contribution in [2.45, 2.75) is 49.7 Å². The summed E-state index contributed by atoms with van der Waals surface area (Å²) in [4.78, 5) is 0. The van der Waals surface area contributed by atoms with Gasteiger partial charge in [0.25, 0.3) is 0 Å². The molecule has 2 aliphatic rings. The predicted molar refractivity (Wildman–Crippen MR) is 83.7 cm³/mol. The number of nitrogens with one attached hydrogen (secondary N) is 1. The van der Waals surface area contributed by atoms with Gasteiger partial charge in [-0.15, -0.1) is 0 Å². The third kappa shape index (κ3) is 4.50. The van der Waals surface area contributed by atoms with Crippen LogP contribution in [0.3, 0.4) is 0 Å². The van der Waals surface area contributed by atoms with Gasteiger partial charge in [0.1, 0.15) is 5.82 Å². The average molecular weight is 343 g/mol. The second-order valence-corrected chi connectivity index (χ2v) is 8.07. The van der Waals surface area contributed by atoms with Gasteiger partial charge >= 0.3 is 0 Å². The predicted octanol–water partition coefficient (Wildman–Crippen LogP) is 2.32. The quantitative estimate of drug-likeness (QED) is 0.891. The topological polar surface area (TPSA) is 64.6 Å². The highest BCUT2D eigenvalue weighted by Crippen LogP contribution is 2.37. The lowest BCUT2D eigenvalue weighted by Crippen LogP contribution is -2.37. The minimum Gasteiger partial charge on any atom is -0.347 e. The van der Waals surface area contributed by atoms with Crippen LogP contribution in [0.5, 0.6) is 0 Å². The molecule has 1 aliphatic carbocycles. The first kappa shape index (κ1) is 16.8. The van der Waals surface area contributed by atoms with Gasteiger partial charge in [-0.25, -0.2) is 17.5 Å². The number of hydrogen-bond donors (Lipinski definition) is 1. The van der Waals surface area contributed by atoms with Crippen molar-refractivity contribution >= 4 is 10.0 Å². The molecule has 1 saturated carbocycles. The Balaban J connectivity index is 1.51. The molecule has 1 atom stereocenters. The van der Waals surface area contributed by atoms with Crippen molar-refractivity contribution in [3.05, 3.63) is 35.6 Å². The molecule has 1 aromatic rings. The SMILES string of the molecule is O=S(=O)(Cc1cccc(F)c1)NC[C@H]1COC2(CCCCC2)O1. The zero-order chi connectivity index (χ0) is 16.3. The molecule has 23 heavy (non-hydrogen) atoms. The number of sulfonamides is 1. The van der Waals surface area contributed by atoms with Gasteiger partial charge in [0, 0.05) is 19.4 Å². The minimum atomic E-state index is -3.53. The summed E-state index contributed by atoms with van der Waals surface area (Å²) < 4.78 is 51.6. The van der Waals surface area contributed by atoms with Crippen molar-refractivity contribution in [2.24, 2.45) is 0 Å². The number of rotatable bonds is 5. The lowest BCUT2D eigenvalue weighted by molar-refractivity contribution is -0.186. The Morgan fingerprint density at radius 3 is 2.78 bits per heavy atom.